The Labute approximate surface area is 79.3 Å². The molecule has 0 atom stereocenters. The topological polar surface area (TPSA) is 42.7 Å². The minimum absolute atomic E-state index is 0.783. The third-order valence-corrected chi connectivity index (χ3v) is 2.49. The van der Waals surface area contributed by atoms with Crippen LogP contribution < -0.4 is 4.73 Å². The highest BCUT2D eigenvalue weighted by Crippen LogP contribution is 2.11. The Morgan fingerprint density at radius 1 is 1.31 bits per heavy atom. The number of rotatable bonds is 0. The van der Waals surface area contributed by atoms with E-state index in [4.69, 9.17) is 0 Å². The standard InChI is InChI=1S/C9H8N2OS/c12-11-6-5-10-13-9-4-2-1-3-8(9)7-11/h1-7,10H. The highest BCUT2D eigenvalue weighted by atomic mass is 32.1. The van der Waals surface area contributed by atoms with Crippen LogP contribution in [0.2, 0.25) is 0 Å². The Hall–Kier alpha value is -1.55. The van der Waals surface area contributed by atoms with E-state index in [2.05, 4.69) is 4.37 Å². The van der Waals surface area contributed by atoms with E-state index in [1.807, 2.05) is 24.3 Å². The van der Waals surface area contributed by atoms with Crippen molar-refractivity contribution in [1.29, 1.82) is 0 Å². The van der Waals surface area contributed by atoms with E-state index in [-0.39, 0.29) is 0 Å². The van der Waals surface area contributed by atoms with E-state index in [1.54, 1.807) is 12.4 Å². The summed E-state index contributed by atoms with van der Waals surface area (Å²) in [7, 11) is 0. The van der Waals surface area contributed by atoms with Crippen molar-refractivity contribution in [3.63, 3.8) is 0 Å². The lowest BCUT2D eigenvalue weighted by atomic mass is 10.3. The normalized spacial score (nSPS) is 9.85. The van der Waals surface area contributed by atoms with Gasteiger partial charge in [-0.2, -0.15) is 4.73 Å². The van der Waals surface area contributed by atoms with E-state index in [1.165, 1.54) is 17.7 Å². The fourth-order valence-electron chi connectivity index (χ4n) is 1.06. The molecule has 2 aromatic rings. The first-order chi connectivity index (χ1) is 6.36. The van der Waals surface area contributed by atoms with Gasteiger partial charge < -0.3 is 9.58 Å². The van der Waals surface area contributed by atoms with Gasteiger partial charge in [-0.3, -0.25) is 0 Å². The number of hydrogen-bond donors (Lipinski definition) is 1. The number of fused-ring (bicyclic) bond motifs is 1. The minimum atomic E-state index is 0.783. The second-order valence-electron chi connectivity index (χ2n) is 2.56. The molecule has 4 heteroatoms. The van der Waals surface area contributed by atoms with Gasteiger partial charge in [-0.1, -0.05) is 23.7 Å². The van der Waals surface area contributed by atoms with Gasteiger partial charge in [0.2, 0.25) is 0 Å². The van der Waals surface area contributed by atoms with Crippen molar-refractivity contribution in [2.75, 3.05) is 0 Å². The molecule has 0 saturated carbocycles. The first kappa shape index (κ1) is 8.07. The smallest absolute Gasteiger partial charge is 0.197 e. The largest absolute Gasteiger partial charge is 0.619 e. The van der Waals surface area contributed by atoms with Crippen molar-refractivity contribution in [3.8, 4) is 0 Å². The zero-order chi connectivity index (χ0) is 9.10. The van der Waals surface area contributed by atoms with Crippen molar-refractivity contribution in [2.45, 2.75) is 0 Å². The maximum absolute atomic E-state index is 11.1. The Balaban J connectivity index is 2.85. The molecule has 0 aliphatic carbocycles. The molecular weight excluding hydrogens is 184 g/mol. The number of benzene rings is 1. The summed E-state index contributed by atoms with van der Waals surface area (Å²) in [4.78, 5) is 0. The van der Waals surface area contributed by atoms with E-state index in [9.17, 15) is 5.21 Å². The molecule has 0 radical (unpaired) electrons. The average Bonchev–Trinajstić information content (AvgIpc) is 2.11. The van der Waals surface area contributed by atoms with Crippen LogP contribution >= 0.6 is 11.5 Å². The molecule has 3 nitrogen and oxygen atoms in total. The van der Waals surface area contributed by atoms with Crippen LogP contribution in [0.5, 0.6) is 0 Å². The number of aromatic nitrogens is 2. The second-order valence-corrected chi connectivity index (χ2v) is 3.44. The first-order valence-corrected chi connectivity index (χ1v) is 4.66. The number of H-pyrrole nitrogens is 1. The fourth-order valence-corrected chi connectivity index (χ4v) is 1.70. The van der Waals surface area contributed by atoms with Gasteiger partial charge in [-0.25, -0.2) is 0 Å². The van der Waals surface area contributed by atoms with Crippen LogP contribution in [0, 0.1) is 5.21 Å². The maximum atomic E-state index is 11.1. The molecule has 13 heavy (non-hydrogen) atoms. The van der Waals surface area contributed by atoms with Crippen molar-refractivity contribution < 1.29 is 4.73 Å². The number of hydrogen-bond acceptors (Lipinski definition) is 2. The van der Waals surface area contributed by atoms with Crippen molar-refractivity contribution in [3.05, 3.63) is 48.1 Å². The average molecular weight is 192 g/mol. The molecule has 0 fully saturated rings. The zero-order valence-electron chi connectivity index (χ0n) is 6.81. The Morgan fingerprint density at radius 3 is 3.08 bits per heavy atom. The van der Waals surface area contributed by atoms with Crippen molar-refractivity contribution in [1.82, 2.24) is 4.37 Å². The minimum Gasteiger partial charge on any atom is -0.619 e. The van der Waals surface area contributed by atoms with E-state index in [0.29, 0.717) is 0 Å². The van der Waals surface area contributed by atoms with Gasteiger partial charge in [-0.05, 0) is 12.1 Å². The van der Waals surface area contributed by atoms with E-state index in [0.717, 1.165) is 14.8 Å². The van der Waals surface area contributed by atoms with E-state index >= 15 is 0 Å². The van der Waals surface area contributed by atoms with Gasteiger partial charge in [-0.15, -0.1) is 0 Å². The first-order valence-electron chi connectivity index (χ1n) is 3.85. The molecule has 1 aromatic carbocycles. The van der Waals surface area contributed by atoms with Gasteiger partial charge in [0.25, 0.3) is 0 Å². The summed E-state index contributed by atoms with van der Waals surface area (Å²) in [5, 5.41) is 12.1. The van der Waals surface area contributed by atoms with Gasteiger partial charge in [0.1, 0.15) is 0 Å². The Kier molecular flexibility index (Phi) is 2.14. The molecule has 66 valence electrons. The quantitative estimate of drug-likeness (QED) is 0.503. The van der Waals surface area contributed by atoms with Crippen LogP contribution in [0.15, 0.2) is 42.9 Å². The van der Waals surface area contributed by atoms with Crippen LogP contribution in [-0.4, -0.2) is 4.37 Å². The summed E-state index contributed by atoms with van der Waals surface area (Å²) < 4.78 is 4.78. The summed E-state index contributed by atoms with van der Waals surface area (Å²) in [6, 6.07) is 7.74. The number of aromatic amines is 1. The molecule has 0 saturated heterocycles. The fraction of sp³-hybridized carbons (Fsp3) is 0. The highest BCUT2D eigenvalue weighted by Gasteiger charge is 1.91. The Bertz CT molecular complexity index is 459. The van der Waals surface area contributed by atoms with E-state index < -0.39 is 0 Å². The molecule has 1 aromatic heterocycles. The molecule has 0 bridgehead atoms. The highest BCUT2D eigenvalue weighted by molar-refractivity contribution is 7.12. The lowest BCUT2D eigenvalue weighted by Gasteiger charge is -1.94. The molecule has 1 N–H and O–H groups in total. The summed E-state index contributed by atoms with van der Waals surface area (Å²) in [5.74, 6) is 0. The molecule has 0 aliphatic heterocycles. The van der Waals surface area contributed by atoms with Crippen molar-refractivity contribution >= 4 is 21.6 Å². The molecule has 0 amide bonds. The van der Waals surface area contributed by atoms with Crippen LogP contribution in [0.4, 0.5) is 0 Å². The molecule has 0 spiro atoms. The molecule has 1 heterocycles. The summed E-state index contributed by atoms with van der Waals surface area (Å²) >= 11 is 1.49. The van der Waals surface area contributed by atoms with Crippen LogP contribution in [0.25, 0.3) is 10.1 Å². The second kappa shape index (κ2) is 3.45. The predicted molar refractivity (Wildman–Crippen MR) is 52.8 cm³/mol. The molecule has 0 unspecified atom stereocenters. The molecular formula is C9H8N2OS. The molecule has 2 rings (SSSR count). The summed E-state index contributed by atoms with van der Waals surface area (Å²) in [6.45, 7) is 0. The SMILES string of the molecule is [O-][n+]1cc[nH]sc2ccccc2c1. The third-order valence-electron chi connectivity index (χ3n) is 1.64. The van der Waals surface area contributed by atoms with Gasteiger partial charge >= 0.3 is 0 Å². The lowest BCUT2D eigenvalue weighted by molar-refractivity contribution is -0.603. The maximum Gasteiger partial charge on any atom is 0.197 e. The van der Waals surface area contributed by atoms with Gasteiger partial charge in [0, 0.05) is 0 Å². The number of nitrogens with zero attached hydrogens (tertiary/aromatic N) is 1. The van der Waals surface area contributed by atoms with Crippen LogP contribution in [0.3, 0.4) is 0 Å². The number of nitrogens with one attached hydrogen (secondary N) is 1. The third kappa shape index (κ3) is 1.78. The van der Waals surface area contributed by atoms with Crippen molar-refractivity contribution in [2.24, 2.45) is 0 Å². The Morgan fingerprint density at radius 2 is 2.15 bits per heavy atom. The van der Waals surface area contributed by atoms with Crippen LogP contribution in [0.1, 0.15) is 0 Å². The predicted octanol–water partition coefficient (Wildman–Crippen LogP) is 1.99. The van der Waals surface area contributed by atoms with Gasteiger partial charge in [0.15, 0.2) is 12.4 Å². The summed E-state index contributed by atoms with van der Waals surface area (Å²) in [5.41, 5.74) is 0. The lowest BCUT2D eigenvalue weighted by Crippen LogP contribution is -2.22. The van der Waals surface area contributed by atoms with Gasteiger partial charge in [0.05, 0.1) is 16.3 Å². The van der Waals surface area contributed by atoms with Crippen LogP contribution in [-0.2, 0) is 0 Å². The summed E-state index contributed by atoms with van der Waals surface area (Å²) in [6.07, 6.45) is 4.60. The zero-order valence-corrected chi connectivity index (χ0v) is 7.62. The molecule has 0 aliphatic rings. The monoisotopic (exact) mass is 192 g/mol.